The van der Waals surface area contributed by atoms with Gasteiger partial charge in [0.2, 0.25) is 5.91 Å². The summed E-state index contributed by atoms with van der Waals surface area (Å²) in [5, 5.41) is 11.9. The zero-order valence-electron chi connectivity index (χ0n) is 16.1. The van der Waals surface area contributed by atoms with Crippen molar-refractivity contribution < 1.29 is 4.79 Å². The maximum Gasteiger partial charge on any atom is 0.220 e. The third-order valence-corrected chi connectivity index (χ3v) is 4.95. The highest BCUT2D eigenvalue weighted by Gasteiger charge is 2.29. The van der Waals surface area contributed by atoms with Gasteiger partial charge in [0.25, 0.3) is 0 Å². The maximum absolute atomic E-state index is 12.4. The van der Waals surface area contributed by atoms with Crippen molar-refractivity contribution in [1.29, 1.82) is 0 Å². The summed E-state index contributed by atoms with van der Waals surface area (Å²) >= 11 is 0. The third kappa shape index (κ3) is 4.93. The number of aryl methyl sites for hydroxylation is 2. The monoisotopic (exact) mass is 354 g/mol. The lowest BCUT2D eigenvalue weighted by atomic mass is 10.1. The van der Waals surface area contributed by atoms with Gasteiger partial charge in [0, 0.05) is 25.3 Å². The summed E-state index contributed by atoms with van der Waals surface area (Å²) in [7, 11) is 0. The Morgan fingerprint density at radius 3 is 2.38 bits per heavy atom. The van der Waals surface area contributed by atoms with Gasteiger partial charge >= 0.3 is 0 Å². The maximum atomic E-state index is 12.4. The van der Waals surface area contributed by atoms with Crippen LogP contribution in [0, 0.1) is 5.92 Å². The molecule has 1 saturated carbocycles. The van der Waals surface area contributed by atoms with Crippen LogP contribution in [0.1, 0.15) is 75.8 Å². The van der Waals surface area contributed by atoms with Gasteiger partial charge in [-0.1, -0.05) is 44.2 Å². The zero-order valence-corrected chi connectivity index (χ0v) is 16.1. The molecule has 0 radical (unpaired) electrons. The molecule has 1 N–H and O–H groups in total. The van der Waals surface area contributed by atoms with Gasteiger partial charge in [-0.25, -0.2) is 0 Å². The largest absolute Gasteiger partial charge is 0.350 e. The average Bonchev–Trinajstić information content (AvgIpc) is 3.39. The minimum Gasteiger partial charge on any atom is -0.350 e. The summed E-state index contributed by atoms with van der Waals surface area (Å²) in [4.78, 5) is 12.4. The van der Waals surface area contributed by atoms with Crippen LogP contribution in [0.4, 0.5) is 0 Å². The number of carbonyl (C=O) groups excluding carboxylic acids is 1. The van der Waals surface area contributed by atoms with Crippen molar-refractivity contribution >= 4 is 5.91 Å². The van der Waals surface area contributed by atoms with E-state index in [1.807, 2.05) is 37.3 Å². The molecule has 1 heterocycles. The van der Waals surface area contributed by atoms with Crippen molar-refractivity contribution in [3.63, 3.8) is 0 Å². The van der Waals surface area contributed by atoms with E-state index >= 15 is 0 Å². The second-order valence-corrected chi connectivity index (χ2v) is 7.77. The topological polar surface area (TPSA) is 59.8 Å². The molecular weight excluding hydrogens is 324 g/mol. The van der Waals surface area contributed by atoms with Gasteiger partial charge in [0.05, 0.1) is 6.04 Å². The van der Waals surface area contributed by atoms with Crippen molar-refractivity contribution in [1.82, 2.24) is 20.1 Å². The van der Waals surface area contributed by atoms with Crippen molar-refractivity contribution in [3.8, 4) is 0 Å². The Kier molecular flexibility index (Phi) is 6.07. The number of nitrogens with one attached hydrogen (secondary N) is 1. The number of amides is 1. The van der Waals surface area contributed by atoms with E-state index in [2.05, 4.69) is 33.9 Å². The first-order chi connectivity index (χ1) is 12.5. The van der Waals surface area contributed by atoms with E-state index in [1.54, 1.807) is 0 Å². The number of carbonyl (C=O) groups is 1. The van der Waals surface area contributed by atoms with Crippen molar-refractivity contribution in [2.24, 2.45) is 5.92 Å². The second-order valence-electron chi connectivity index (χ2n) is 7.77. The molecular formula is C21H30N4O. The first-order valence-electron chi connectivity index (χ1n) is 9.81. The number of nitrogens with zero attached hydrogens (tertiary/aromatic N) is 3. The molecule has 5 heteroatoms. The first-order valence-corrected chi connectivity index (χ1v) is 9.81. The van der Waals surface area contributed by atoms with Crippen LogP contribution in [0.25, 0.3) is 0 Å². The smallest absolute Gasteiger partial charge is 0.220 e. The van der Waals surface area contributed by atoms with Crippen molar-refractivity contribution in [2.75, 3.05) is 0 Å². The second kappa shape index (κ2) is 8.47. The molecule has 1 aliphatic carbocycles. The van der Waals surface area contributed by atoms with Crippen LogP contribution in [0.2, 0.25) is 0 Å². The lowest BCUT2D eigenvalue weighted by molar-refractivity contribution is -0.121. The minimum atomic E-state index is 0.0200. The molecule has 0 saturated heterocycles. The Bertz CT molecular complexity index is 719. The van der Waals surface area contributed by atoms with Crippen LogP contribution in [0.5, 0.6) is 0 Å². The molecule has 2 aromatic rings. The van der Waals surface area contributed by atoms with Gasteiger partial charge in [0.1, 0.15) is 11.6 Å². The lowest BCUT2D eigenvalue weighted by Crippen LogP contribution is -2.27. The Morgan fingerprint density at radius 2 is 1.77 bits per heavy atom. The van der Waals surface area contributed by atoms with E-state index in [-0.39, 0.29) is 11.9 Å². The lowest BCUT2D eigenvalue weighted by Gasteiger charge is -2.14. The summed E-state index contributed by atoms with van der Waals surface area (Å²) in [6, 6.07) is 10.6. The molecule has 1 aromatic carbocycles. The molecule has 0 unspecified atom stereocenters. The number of rotatable bonds is 9. The fourth-order valence-electron chi connectivity index (χ4n) is 3.24. The highest BCUT2D eigenvalue weighted by molar-refractivity contribution is 5.76. The third-order valence-electron chi connectivity index (χ3n) is 4.95. The summed E-state index contributed by atoms with van der Waals surface area (Å²) in [5.74, 6) is 2.78. The molecule has 1 aliphatic rings. The molecule has 3 rings (SSSR count). The van der Waals surface area contributed by atoms with Gasteiger partial charge in [-0.15, -0.1) is 10.2 Å². The van der Waals surface area contributed by atoms with Gasteiger partial charge in [-0.05, 0) is 37.7 Å². The number of benzene rings is 1. The predicted octanol–water partition coefficient (Wildman–Crippen LogP) is 4.01. The minimum absolute atomic E-state index is 0.0200. The zero-order chi connectivity index (χ0) is 18.5. The summed E-state index contributed by atoms with van der Waals surface area (Å²) in [6.07, 6.45) is 5.61. The molecule has 1 atom stereocenters. The SMILES string of the molecule is CC(C)CCc1nnc(CCC(=O)N[C@H](C)c2ccccc2)n1C1CC1. The number of hydrogen-bond donors (Lipinski definition) is 1. The average molecular weight is 354 g/mol. The van der Waals surface area contributed by atoms with E-state index in [1.165, 1.54) is 12.8 Å². The summed E-state index contributed by atoms with van der Waals surface area (Å²) < 4.78 is 2.30. The Labute approximate surface area is 156 Å². The summed E-state index contributed by atoms with van der Waals surface area (Å²) in [5.41, 5.74) is 1.12. The Hall–Kier alpha value is -2.17. The van der Waals surface area contributed by atoms with E-state index in [0.717, 1.165) is 30.1 Å². The molecule has 0 spiro atoms. The highest BCUT2D eigenvalue weighted by atomic mass is 16.1. The molecule has 26 heavy (non-hydrogen) atoms. The highest BCUT2D eigenvalue weighted by Crippen LogP contribution is 2.37. The Balaban J connectivity index is 1.56. The molecule has 140 valence electrons. The molecule has 5 nitrogen and oxygen atoms in total. The predicted molar refractivity (Wildman–Crippen MR) is 103 cm³/mol. The van der Waals surface area contributed by atoms with E-state index < -0.39 is 0 Å². The molecule has 0 aliphatic heterocycles. The quantitative estimate of drug-likeness (QED) is 0.740. The fraction of sp³-hybridized carbons (Fsp3) is 0.571. The molecule has 1 aromatic heterocycles. The van der Waals surface area contributed by atoms with Gasteiger partial charge in [0.15, 0.2) is 0 Å². The Morgan fingerprint density at radius 1 is 1.12 bits per heavy atom. The standard InChI is InChI=1S/C21H30N4O/c1-15(2)9-12-19-23-24-20(25(19)18-10-11-18)13-14-21(26)22-16(3)17-7-5-4-6-8-17/h4-8,15-16,18H,9-14H2,1-3H3,(H,22,26)/t16-/m1/s1. The normalized spacial score (nSPS) is 15.2. The fourth-order valence-corrected chi connectivity index (χ4v) is 3.24. The van der Waals surface area contributed by atoms with E-state index in [4.69, 9.17) is 0 Å². The van der Waals surface area contributed by atoms with Crippen LogP contribution < -0.4 is 5.32 Å². The number of hydrogen-bond acceptors (Lipinski definition) is 3. The molecule has 1 amide bonds. The number of aromatic nitrogens is 3. The molecule has 1 fully saturated rings. The first kappa shape index (κ1) is 18.6. The van der Waals surface area contributed by atoms with Gasteiger partial charge in [-0.2, -0.15) is 0 Å². The van der Waals surface area contributed by atoms with Crippen LogP contribution in [0.15, 0.2) is 30.3 Å². The van der Waals surface area contributed by atoms with Crippen molar-refractivity contribution in [2.45, 2.75) is 71.4 Å². The summed E-state index contributed by atoms with van der Waals surface area (Å²) in [6.45, 7) is 6.48. The van der Waals surface area contributed by atoms with Crippen LogP contribution in [-0.2, 0) is 17.6 Å². The van der Waals surface area contributed by atoms with Crippen LogP contribution in [-0.4, -0.2) is 20.7 Å². The van der Waals surface area contributed by atoms with E-state index in [0.29, 0.717) is 24.8 Å². The van der Waals surface area contributed by atoms with Crippen LogP contribution >= 0.6 is 0 Å². The van der Waals surface area contributed by atoms with E-state index in [9.17, 15) is 4.79 Å². The van der Waals surface area contributed by atoms with Crippen LogP contribution in [0.3, 0.4) is 0 Å². The molecule has 0 bridgehead atoms. The van der Waals surface area contributed by atoms with Gasteiger partial charge in [-0.3, -0.25) is 4.79 Å². The van der Waals surface area contributed by atoms with Crippen molar-refractivity contribution in [3.05, 3.63) is 47.5 Å². The van der Waals surface area contributed by atoms with Gasteiger partial charge < -0.3 is 9.88 Å².